The van der Waals surface area contributed by atoms with Crippen molar-refractivity contribution in [2.75, 3.05) is 10.6 Å². The summed E-state index contributed by atoms with van der Waals surface area (Å²) in [5.41, 5.74) is 3.03. The molecule has 2 N–H and O–H groups in total. The van der Waals surface area contributed by atoms with Crippen LogP contribution < -0.4 is 10.6 Å². The Bertz CT molecular complexity index is 940. The fraction of sp³-hybridized carbons (Fsp3) is 0.130. The zero-order chi connectivity index (χ0) is 19.8. The molecule has 0 heterocycles. The number of nitrogens with one attached hydrogen (secondary N) is 2. The van der Waals surface area contributed by atoms with Crippen molar-refractivity contribution in [2.24, 2.45) is 0 Å². The van der Waals surface area contributed by atoms with Gasteiger partial charge in [0.1, 0.15) is 0 Å². The standard InChI is InChI=1S/C23H21ClN2O2/c24-19-14-12-17(13-15-19)6-4-11-22(27)25-20-9-5-10-21(16-20)26-23(28)18-7-2-1-3-8-18/h1-3,5,7-10,12-16H,4,6,11H2,(H,25,27)(H,26,28). The lowest BCUT2D eigenvalue weighted by Gasteiger charge is -2.09. The van der Waals surface area contributed by atoms with Crippen molar-refractivity contribution in [2.45, 2.75) is 19.3 Å². The Balaban J connectivity index is 1.50. The molecule has 142 valence electrons. The van der Waals surface area contributed by atoms with Crippen LogP contribution in [0.3, 0.4) is 0 Å². The Morgan fingerprint density at radius 1 is 0.786 bits per heavy atom. The normalized spacial score (nSPS) is 10.3. The van der Waals surface area contributed by atoms with Gasteiger partial charge in [0, 0.05) is 28.4 Å². The minimum Gasteiger partial charge on any atom is -0.326 e. The molecule has 0 saturated heterocycles. The van der Waals surface area contributed by atoms with E-state index in [1.165, 1.54) is 0 Å². The molecule has 3 rings (SSSR count). The summed E-state index contributed by atoms with van der Waals surface area (Å²) >= 11 is 5.88. The summed E-state index contributed by atoms with van der Waals surface area (Å²) in [6.07, 6.45) is 1.99. The first kappa shape index (κ1) is 19.6. The third kappa shape index (κ3) is 5.96. The van der Waals surface area contributed by atoms with Crippen LogP contribution in [-0.2, 0) is 11.2 Å². The van der Waals surface area contributed by atoms with E-state index in [1.807, 2.05) is 42.5 Å². The van der Waals surface area contributed by atoms with E-state index in [2.05, 4.69) is 10.6 Å². The van der Waals surface area contributed by atoms with Crippen LogP contribution in [0.2, 0.25) is 5.02 Å². The second kappa shape index (κ2) is 9.72. The van der Waals surface area contributed by atoms with Crippen molar-refractivity contribution in [3.63, 3.8) is 0 Å². The molecule has 0 fully saturated rings. The molecule has 0 aliphatic carbocycles. The molecule has 4 nitrogen and oxygen atoms in total. The van der Waals surface area contributed by atoms with Gasteiger partial charge in [0.15, 0.2) is 0 Å². The van der Waals surface area contributed by atoms with E-state index in [9.17, 15) is 9.59 Å². The van der Waals surface area contributed by atoms with E-state index in [1.54, 1.807) is 36.4 Å². The number of rotatable bonds is 7. The van der Waals surface area contributed by atoms with Crippen LogP contribution in [-0.4, -0.2) is 11.8 Å². The van der Waals surface area contributed by atoms with E-state index >= 15 is 0 Å². The molecule has 28 heavy (non-hydrogen) atoms. The number of carbonyl (C=O) groups is 2. The van der Waals surface area contributed by atoms with E-state index < -0.39 is 0 Å². The van der Waals surface area contributed by atoms with E-state index in [0.717, 1.165) is 18.4 Å². The van der Waals surface area contributed by atoms with Crippen molar-refractivity contribution in [3.05, 3.63) is 95.0 Å². The summed E-state index contributed by atoms with van der Waals surface area (Å²) in [6.45, 7) is 0. The summed E-state index contributed by atoms with van der Waals surface area (Å²) in [7, 11) is 0. The van der Waals surface area contributed by atoms with Gasteiger partial charge in [-0.15, -0.1) is 0 Å². The quantitative estimate of drug-likeness (QED) is 0.553. The SMILES string of the molecule is O=C(CCCc1ccc(Cl)cc1)Nc1cccc(NC(=O)c2ccccc2)c1. The number of hydrogen-bond acceptors (Lipinski definition) is 2. The Morgan fingerprint density at radius 3 is 2.18 bits per heavy atom. The smallest absolute Gasteiger partial charge is 0.255 e. The molecule has 3 aromatic rings. The molecule has 0 atom stereocenters. The molecule has 0 unspecified atom stereocenters. The summed E-state index contributed by atoms with van der Waals surface area (Å²) < 4.78 is 0. The maximum Gasteiger partial charge on any atom is 0.255 e. The first-order valence-corrected chi connectivity index (χ1v) is 9.49. The van der Waals surface area contributed by atoms with Crippen LogP contribution >= 0.6 is 11.6 Å². The lowest BCUT2D eigenvalue weighted by Crippen LogP contribution is -2.13. The Morgan fingerprint density at radius 2 is 1.46 bits per heavy atom. The van der Waals surface area contributed by atoms with Gasteiger partial charge in [0.25, 0.3) is 5.91 Å². The van der Waals surface area contributed by atoms with Crippen LogP contribution in [0.25, 0.3) is 0 Å². The highest BCUT2D eigenvalue weighted by Gasteiger charge is 2.07. The number of anilines is 2. The van der Waals surface area contributed by atoms with Crippen LogP contribution in [0.5, 0.6) is 0 Å². The predicted octanol–water partition coefficient (Wildman–Crippen LogP) is 5.55. The summed E-state index contributed by atoms with van der Waals surface area (Å²) in [5, 5.41) is 6.43. The third-order valence-electron chi connectivity index (χ3n) is 4.22. The van der Waals surface area contributed by atoms with Gasteiger partial charge in [-0.2, -0.15) is 0 Å². The highest BCUT2D eigenvalue weighted by molar-refractivity contribution is 6.30. The first-order valence-electron chi connectivity index (χ1n) is 9.11. The molecule has 0 bridgehead atoms. The Labute approximate surface area is 169 Å². The van der Waals surface area contributed by atoms with Gasteiger partial charge in [-0.05, 0) is 60.9 Å². The molecule has 3 aromatic carbocycles. The third-order valence-corrected chi connectivity index (χ3v) is 4.47. The minimum absolute atomic E-state index is 0.0551. The van der Waals surface area contributed by atoms with E-state index in [4.69, 9.17) is 11.6 Å². The fourth-order valence-corrected chi connectivity index (χ4v) is 2.92. The lowest BCUT2D eigenvalue weighted by molar-refractivity contribution is -0.116. The van der Waals surface area contributed by atoms with Gasteiger partial charge < -0.3 is 10.6 Å². The van der Waals surface area contributed by atoms with Crippen molar-refractivity contribution < 1.29 is 9.59 Å². The van der Waals surface area contributed by atoms with Crippen LogP contribution in [0.4, 0.5) is 11.4 Å². The van der Waals surface area contributed by atoms with Gasteiger partial charge in [-0.25, -0.2) is 0 Å². The molecular weight excluding hydrogens is 372 g/mol. The van der Waals surface area contributed by atoms with Crippen LogP contribution in [0.1, 0.15) is 28.8 Å². The molecule has 0 aliphatic rings. The maximum atomic E-state index is 12.2. The first-order chi connectivity index (χ1) is 13.6. The fourth-order valence-electron chi connectivity index (χ4n) is 2.80. The molecule has 5 heteroatoms. The molecule has 2 amide bonds. The highest BCUT2D eigenvalue weighted by atomic mass is 35.5. The monoisotopic (exact) mass is 392 g/mol. The summed E-state index contributed by atoms with van der Waals surface area (Å²) in [6, 6.07) is 23.8. The number of aryl methyl sites for hydroxylation is 1. The Hall–Kier alpha value is -3.11. The molecule has 0 radical (unpaired) electrons. The highest BCUT2D eigenvalue weighted by Crippen LogP contribution is 2.17. The van der Waals surface area contributed by atoms with Gasteiger partial charge in [0.05, 0.1) is 0 Å². The second-order valence-corrected chi connectivity index (χ2v) is 6.87. The number of halogens is 1. The largest absolute Gasteiger partial charge is 0.326 e. The number of carbonyl (C=O) groups excluding carboxylic acids is 2. The zero-order valence-corrected chi connectivity index (χ0v) is 16.1. The summed E-state index contributed by atoms with van der Waals surface area (Å²) in [5.74, 6) is -0.243. The second-order valence-electron chi connectivity index (χ2n) is 6.43. The van der Waals surface area contributed by atoms with Gasteiger partial charge >= 0.3 is 0 Å². The van der Waals surface area contributed by atoms with Crippen molar-refractivity contribution in [3.8, 4) is 0 Å². The lowest BCUT2D eigenvalue weighted by atomic mass is 10.1. The maximum absolute atomic E-state index is 12.2. The number of amides is 2. The zero-order valence-electron chi connectivity index (χ0n) is 15.3. The number of hydrogen-bond donors (Lipinski definition) is 2. The van der Waals surface area contributed by atoms with Crippen molar-refractivity contribution in [1.82, 2.24) is 0 Å². The van der Waals surface area contributed by atoms with E-state index in [-0.39, 0.29) is 11.8 Å². The molecule has 0 aromatic heterocycles. The molecule has 0 saturated carbocycles. The van der Waals surface area contributed by atoms with E-state index in [0.29, 0.717) is 28.4 Å². The van der Waals surface area contributed by atoms with Gasteiger partial charge in [0.2, 0.25) is 5.91 Å². The van der Waals surface area contributed by atoms with Crippen molar-refractivity contribution in [1.29, 1.82) is 0 Å². The van der Waals surface area contributed by atoms with Gasteiger partial charge in [-0.1, -0.05) is 48.0 Å². The topological polar surface area (TPSA) is 58.2 Å². The summed E-state index contributed by atoms with van der Waals surface area (Å²) in [4.78, 5) is 24.4. The number of benzene rings is 3. The van der Waals surface area contributed by atoms with Crippen LogP contribution in [0, 0.1) is 0 Å². The molecular formula is C23H21ClN2O2. The van der Waals surface area contributed by atoms with Gasteiger partial charge in [-0.3, -0.25) is 9.59 Å². The molecule has 0 spiro atoms. The average molecular weight is 393 g/mol. The average Bonchev–Trinajstić information content (AvgIpc) is 2.70. The van der Waals surface area contributed by atoms with Crippen molar-refractivity contribution >= 4 is 34.8 Å². The minimum atomic E-state index is -0.188. The molecule has 0 aliphatic heterocycles. The van der Waals surface area contributed by atoms with Crippen LogP contribution in [0.15, 0.2) is 78.9 Å². The predicted molar refractivity (Wildman–Crippen MR) is 114 cm³/mol. The Kier molecular flexibility index (Phi) is 6.82.